The average Bonchev–Trinajstić information content (AvgIpc) is 3.38. The Kier molecular flexibility index (Phi) is 5.03. The molecule has 1 aromatic heterocycles. The van der Waals surface area contributed by atoms with Gasteiger partial charge in [0.05, 0.1) is 5.69 Å². The van der Waals surface area contributed by atoms with E-state index in [1.165, 1.54) is 10.8 Å². The van der Waals surface area contributed by atoms with Gasteiger partial charge in [-0.05, 0) is 62.4 Å². The molecule has 0 N–H and O–H groups in total. The van der Waals surface area contributed by atoms with Crippen molar-refractivity contribution in [2.45, 2.75) is 51.3 Å². The number of hydrogen-bond donors (Lipinski definition) is 0. The molecule has 0 radical (unpaired) electrons. The fourth-order valence-corrected chi connectivity index (χ4v) is 5.11. The van der Waals surface area contributed by atoms with Gasteiger partial charge in [0, 0.05) is 37.4 Å². The molecular formula is C26H30N4O2. The van der Waals surface area contributed by atoms with E-state index < -0.39 is 5.60 Å². The molecular weight excluding hydrogens is 400 g/mol. The summed E-state index contributed by atoms with van der Waals surface area (Å²) in [7, 11) is 1.86. The van der Waals surface area contributed by atoms with Crippen molar-refractivity contribution in [3.05, 3.63) is 54.7 Å². The molecule has 1 saturated heterocycles. The zero-order valence-corrected chi connectivity index (χ0v) is 19.2. The number of ether oxygens (including phenoxy) is 1. The Labute approximate surface area is 189 Å². The lowest BCUT2D eigenvalue weighted by Gasteiger charge is -2.37. The maximum absolute atomic E-state index is 12.5. The van der Waals surface area contributed by atoms with Crippen LogP contribution >= 0.6 is 0 Å². The van der Waals surface area contributed by atoms with E-state index in [0.29, 0.717) is 12.0 Å². The number of nitrogens with zero attached hydrogens (tertiary/aromatic N) is 4. The van der Waals surface area contributed by atoms with Gasteiger partial charge in [-0.2, -0.15) is 0 Å². The second-order valence-electron chi connectivity index (χ2n) is 10.0. The van der Waals surface area contributed by atoms with Crippen LogP contribution in [-0.2, 0) is 4.74 Å². The number of benzene rings is 2. The quantitative estimate of drug-likeness (QED) is 0.576. The molecule has 1 amide bonds. The van der Waals surface area contributed by atoms with Gasteiger partial charge in [0.2, 0.25) is 5.95 Å². The van der Waals surface area contributed by atoms with Crippen molar-refractivity contribution in [2.75, 3.05) is 18.5 Å². The van der Waals surface area contributed by atoms with Crippen molar-refractivity contribution in [2.24, 2.45) is 5.92 Å². The molecule has 2 bridgehead atoms. The number of carbonyl (C=O) groups is 1. The van der Waals surface area contributed by atoms with Crippen LogP contribution < -0.4 is 4.90 Å². The van der Waals surface area contributed by atoms with Crippen molar-refractivity contribution in [1.29, 1.82) is 0 Å². The molecule has 1 aliphatic heterocycles. The average molecular weight is 431 g/mol. The first-order valence-electron chi connectivity index (χ1n) is 11.3. The van der Waals surface area contributed by atoms with E-state index in [2.05, 4.69) is 52.3 Å². The third kappa shape index (κ3) is 3.90. The molecule has 1 aliphatic carbocycles. The van der Waals surface area contributed by atoms with Gasteiger partial charge < -0.3 is 14.5 Å². The van der Waals surface area contributed by atoms with Crippen LogP contribution in [0.2, 0.25) is 0 Å². The zero-order chi connectivity index (χ0) is 22.5. The van der Waals surface area contributed by atoms with Crippen molar-refractivity contribution in [3.63, 3.8) is 0 Å². The lowest BCUT2D eigenvalue weighted by molar-refractivity contribution is 0.0182. The highest BCUT2D eigenvalue weighted by Gasteiger charge is 2.48. The van der Waals surface area contributed by atoms with Crippen LogP contribution in [0, 0.1) is 5.92 Å². The summed E-state index contributed by atoms with van der Waals surface area (Å²) in [5.74, 6) is 1.19. The highest BCUT2D eigenvalue weighted by atomic mass is 16.6. The van der Waals surface area contributed by atoms with E-state index in [1.54, 1.807) is 4.90 Å². The molecule has 166 valence electrons. The van der Waals surface area contributed by atoms with Crippen molar-refractivity contribution < 1.29 is 9.53 Å². The van der Waals surface area contributed by atoms with Crippen LogP contribution in [-0.4, -0.2) is 52.2 Å². The number of carbonyl (C=O) groups excluding carboxylic acids is 1. The highest BCUT2D eigenvalue weighted by molar-refractivity contribution is 5.86. The molecule has 0 spiro atoms. The Balaban J connectivity index is 1.32. The van der Waals surface area contributed by atoms with E-state index >= 15 is 0 Å². The van der Waals surface area contributed by atoms with Crippen LogP contribution in [0.3, 0.4) is 0 Å². The second kappa shape index (κ2) is 7.76. The van der Waals surface area contributed by atoms with Gasteiger partial charge in [0.15, 0.2) is 0 Å². The summed E-state index contributed by atoms with van der Waals surface area (Å²) in [6.45, 7) is 6.58. The summed E-state index contributed by atoms with van der Waals surface area (Å²) in [5, 5.41) is 2.43. The van der Waals surface area contributed by atoms with Crippen LogP contribution in [0.5, 0.6) is 0 Å². The third-order valence-corrected chi connectivity index (χ3v) is 6.63. The zero-order valence-electron chi connectivity index (χ0n) is 19.2. The Morgan fingerprint density at radius 3 is 2.59 bits per heavy atom. The summed E-state index contributed by atoms with van der Waals surface area (Å²) in [4.78, 5) is 26.1. The summed E-state index contributed by atoms with van der Waals surface area (Å²) in [6.07, 6.45) is 3.59. The summed E-state index contributed by atoms with van der Waals surface area (Å²) >= 11 is 0. The van der Waals surface area contributed by atoms with E-state index in [1.807, 2.05) is 40.1 Å². The number of hydrogen-bond acceptors (Lipinski definition) is 5. The molecule has 32 heavy (non-hydrogen) atoms. The van der Waals surface area contributed by atoms with Gasteiger partial charge >= 0.3 is 6.09 Å². The largest absolute Gasteiger partial charge is 0.444 e. The smallest absolute Gasteiger partial charge is 0.410 e. The first-order valence-corrected chi connectivity index (χ1v) is 11.3. The molecule has 5 rings (SSSR count). The number of fused-ring (bicyclic) bond motifs is 3. The summed E-state index contributed by atoms with van der Waals surface area (Å²) in [5.41, 5.74) is 1.55. The number of amides is 1. The maximum atomic E-state index is 12.5. The Hall–Kier alpha value is -3.15. The predicted molar refractivity (Wildman–Crippen MR) is 127 cm³/mol. The molecule has 2 aliphatic rings. The van der Waals surface area contributed by atoms with Crippen LogP contribution in [0.4, 0.5) is 10.7 Å². The standard InChI is InChI=1S/C26H30N4O2/c1-26(2,3)32-25(31)29(4)23-15-21-14-20(23)16-30(21)24-27-12-11-22(28-24)19-10-9-17-7-5-6-8-18(17)13-19/h5-13,20-21,23H,14-16H2,1-4H3/t20-,21-,23-/m1/s1. The Morgan fingerprint density at radius 1 is 1.09 bits per heavy atom. The molecule has 2 fully saturated rings. The van der Waals surface area contributed by atoms with Gasteiger partial charge in [-0.1, -0.05) is 36.4 Å². The molecule has 2 aromatic carbocycles. The predicted octanol–water partition coefficient (Wildman–Crippen LogP) is 5.13. The van der Waals surface area contributed by atoms with E-state index in [9.17, 15) is 4.79 Å². The minimum atomic E-state index is -0.480. The fourth-order valence-electron chi connectivity index (χ4n) is 5.11. The van der Waals surface area contributed by atoms with Gasteiger partial charge in [0.1, 0.15) is 5.60 Å². The third-order valence-electron chi connectivity index (χ3n) is 6.63. The lowest BCUT2D eigenvalue weighted by Crippen LogP contribution is -2.48. The lowest BCUT2D eigenvalue weighted by atomic mass is 10.0. The number of aromatic nitrogens is 2. The van der Waals surface area contributed by atoms with Crippen LogP contribution in [0.25, 0.3) is 22.0 Å². The molecule has 0 unspecified atom stereocenters. The van der Waals surface area contributed by atoms with E-state index in [0.717, 1.165) is 36.6 Å². The summed E-state index contributed by atoms with van der Waals surface area (Å²) in [6, 6.07) is 17.3. The minimum Gasteiger partial charge on any atom is -0.444 e. The first-order chi connectivity index (χ1) is 15.3. The van der Waals surface area contributed by atoms with Gasteiger partial charge in [-0.3, -0.25) is 0 Å². The molecule has 2 heterocycles. The first kappa shape index (κ1) is 20.7. The minimum absolute atomic E-state index is 0.203. The summed E-state index contributed by atoms with van der Waals surface area (Å²) < 4.78 is 5.57. The number of rotatable bonds is 3. The van der Waals surface area contributed by atoms with Gasteiger partial charge in [0.25, 0.3) is 0 Å². The van der Waals surface area contributed by atoms with Crippen molar-refractivity contribution in [1.82, 2.24) is 14.9 Å². The number of anilines is 1. The molecule has 3 atom stereocenters. The van der Waals surface area contributed by atoms with E-state index in [-0.39, 0.29) is 12.1 Å². The monoisotopic (exact) mass is 430 g/mol. The fraction of sp³-hybridized carbons (Fsp3) is 0.423. The second-order valence-corrected chi connectivity index (χ2v) is 10.0. The topological polar surface area (TPSA) is 58.6 Å². The van der Waals surface area contributed by atoms with Crippen LogP contribution in [0.15, 0.2) is 54.7 Å². The van der Waals surface area contributed by atoms with Gasteiger partial charge in [-0.25, -0.2) is 14.8 Å². The molecule has 1 saturated carbocycles. The van der Waals surface area contributed by atoms with Crippen LogP contribution in [0.1, 0.15) is 33.6 Å². The molecule has 6 heteroatoms. The Morgan fingerprint density at radius 2 is 1.88 bits per heavy atom. The normalized spacial score (nSPS) is 22.4. The Bertz CT molecular complexity index is 1160. The highest BCUT2D eigenvalue weighted by Crippen LogP contribution is 2.42. The van der Waals surface area contributed by atoms with E-state index in [4.69, 9.17) is 9.72 Å². The van der Waals surface area contributed by atoms with Crippen molar-refractivity contribution in [3.8, 4) is 11.3 Å². The molecule has 6 nitrogen and oxygen atoms in total. The van der Waals surface area contributed by atoms with Gasteiger partial charge in [-0.15, -0.1) is 0 Å². The van der Waals surface area contributed by atoms with Crippen molar-refractivity contribution >= 4 is 22.8 Å². The molecule has 3 aromatic rings. The maximum Gasteiger partial charge on any atom is 0.410 e. The SMILES string of the molecule is CN(C(=O)OC(C)(C)C)[C@@H]1C[C@H]2C[C@@H]1CN2c1nccc(-c2ccc3ccccc3c2)n1. The number of piperidine rings is 1.